The number of piperazine rings is 1. The fourth-order valence-corrected chi connectivity index (χ4v) is 4.18. The van der Waals surface area contributed by atoms with Gasteiger partial charge in [-0.05, 0) is 70.2 Å². The zero-order valence-corrected chi connectivity index (χ0v) is 24.1. The van der Waals surface area contributed by atoms with Crippen molar-refractivity contribution in [2.45, 2.75) is 94.0 Å². The van der Waals surface area contributed by atoms with E-state index in [0.717, 1.165) is 49.6 Å². The molecule has 1 saturated heterocycles. The minimum Gasteiger partial charge on any atom is -0.372 e. The summed E-state index contributed by atoms with van der Waals surface area (Å²) in [4.78, 5) is 7.16. The molecule has 3 nitrogen and oxygen atoms in total. The first-order chi connectivity index (χ1) is 16.4. The van der Waals surface area contributed by atoms with Crippen molar-refractivity contribution in [2.75, 3.05) is 19.6 Å². The summed E-state index contributed by atoms with van der Waals surface area (Å²) in [7, 11) is 0. The first-order valence-corrected chi connectivity index (χ1v) is 13.5. The minimum atomic E-state index is 0.540. The summed E-state index contributed by atoms with van der Waals surface area (Å²) in [6.07, 6.45) is 10.6. The van der Waals surface area contributed by atoms with Crippen LogP contribution in [0.1, 0.15) is 87.1 Å². The Balaban J connectivity index is 0.000000753. The van der Waals surface area contributed by atoms with E-state index in [0.29, 0.717) is 6.04 Å². The average Bonchev–Trinajstić information content (AvgIpc) is 2.84. The molecule has 1 unspecified atom stereocenters. The van der Waals surface area contributed by atoms with Gasteiger partial charge in [0, 0.05) is 53.9 Å². The molecule has 0 amide bonds. The average molecular weight is 488 g/mol. The van der Waals surface area contributed by atoms with E-state index in [9.17, 15) is 0 Å². The largest absolute Gasteiger partial charge is 0.372 e. The topological polar surface area (TPSA) is 27.6 Å². The molecule has 1 aliphatic rings. The lowest BCUT2D eigenvalue weighted by atomic mass is 9.96. The lowest BCUT2D eigenvalue weighted by Gasteiger charge is -2.35. The van der Waals surface area contributed by atoms with Gasteiger partial charge in [0.05, 0.1) is 0 Å². The standard InChI is InChI=1S/C19H33N3.C9H11Cl.C2H6/c1-7-10-11-21-16(5)19(18(8-2)9-3)17(6)22-13-12-20-15(4)14-22;1-2-4-8-5-3-6-9(10)7-8;1-2/h8,10-11,15,20H,7,9,12-14H2,1-6H3;3,5-7H,2,4H2,1H3;1-2H3/b11-10+,18-8-,19-17-,21-16+;;. The molecule has 4 heteroatoms. The highest BCUT2D eigenvalue weighted by Gasteiger charge is 2.20. The Labute approximate surface area is 216 Å². The second-order valence-corrected chi connectivity index (χ2v) is 8.75. The van der Waals surface area contributed by atoms with Crippen LogP contribution in [0.15, 0.2) is 64.5 Å². The molecule has 1 aromatic rings. The third kappa shape index (κ3) is 12.0. The minimum absolute atomic E-state index is 0.540. The number of aliphatic imine (C=N–C) groups is 1. The quantitative estimate of drug-likeness (QED) is 0.293. The van der Waals surface area contributed by atoms with Crippen molar-refractivity contribution in [3.8, 4) is 0 Å². The number of allylic oxidation sites excluding steroid dienone is 5. The van der Waals surface area contributed by atoms with Crippen LogP contribution >= 0.6 is 11.6 Å². The van der Waals surface area contributed by atoms with Gasteiger partial charge in [0.25, 0.3) is 0 Å². The Morgan fingerprint density at radius 2 is 1.91 bits per heavy atom. The van der Waals surface area contributed by atoms with Crippen molar-refractivity contribution in [3.05, 3.63) is 70.0 Å². The van der Waals surface area contributed by atoms with Crippen molar-refractivity contribution in [3.63, 3.8) is 0 Å². The molecule has 0 saturated carbocycles. The molecular weight excluding hydrogens is 438 g/mol. The SMILES string of the molecule is CC.CCCc1cccc(Cl)c1.C\C=C(CC)/C(C(/C)=N/C=C/CC)=C(/C)N1CCNC(C)C1. The molecule has 1 atom stereocenters. The van der Waals surface area contributed by atoms with Gasteiger partial charge in [-0.3, -0.25) is 4.99 Å². The Kier molecular flexibility index (Phi) is 18.4. The van der Waals surface area contributed by atoms with Crippen LogP contribution in [0, 0.1) is 0 Å². The summed E-state index contributed by atoms with van der Waals surface area (Å²) >= 11 is 5.78. The molecule has 0 spiro atoms. The summed E-state index contributed by atoms with van der Waals surface area (Å²) in [6, 6.07) is 8.56. The molecular formula is C30H50ClN3. The second-order valence-electron chi connectivity index (χ2n) is 8.32. The van der Waals surface area contributed by atoms with Gasteiger partial charge in [-0.15, -0.1) is 0 Å². The number of hydrogen-bond acceptors (Lipinski definition) is 3. The number of nitrogens with zero attached hydrogens (tertiary/aromatic N) is 2. The van der Waals surface area contributed by atoms with Gasteiger partial charge >= 0.3 is 0 Å². The van der Waals surface area contributed by atoms with Crippen LogP contribution in [0.25, 0.3) is 0 Å². The molecule has 1 aliphatic heterocycles. The maximum atomic E-state index is 5.78. The van der Waals surface area contributed by atoms with Crippen LogP contribution in [0.5, 0.6) is 0 Å². The Morgan fingerprint density at radius 3 is 2.44 bits per heavy atom. The van der Waals surface area contributed by atoms with Gasteiger partial charge in [-0.25, -0.2) is 0 Å². The van der Waals surface area contributed by atoms with Gasteiger partial charge in [0.1, 0.15) is 0 Å². The first kappa shape index (κ1) is 32.2. The van der Waals surface area contributed by atoms with E-state index in [1.54, 1.807) is 0 Å². The van der Waals surface area contributed by atoms with E-state index >= 15 is 0 Å². The zero-order chi connectivity index (χ0) is 25.9. The van der Waals surface area contributed by atoms with Crippen LogP contribution in [0.2, 0.25) is 5.02 Å². The molecule has 1 heterocycles. The number of hydrogen-bond donors (Lipinski definition) is 1. The molecule has 34 heavy (non-hydrogen) atoms. The van der Waals surface area contributed by atoms with Crippen LogP contribution < -0.4 is 5.32 Å². The number of halogens is 1. The van der Waals surface area contributed by atoms with Crippen molar-refractivity contribution in [2.24, 2.45) is 4.99 Å². The lowest BCUT2D eigenvalue weighted by molar-refractivity contribution is 0.255. The zero-order valence-electron chi connectivity index (χ0n) is 23.3. The van der Waals surface area contributed by atoms with Crippen molar-refractivity contribution in [1.29, 1.82) is 0 Å². The van der Waals surface area contributed by atoms with Crippen molar-refractivity contribution in [1.82, 2.24) is 10.2 Å². The predicted octanol–water partition coefficient (Wildman–Crippen LogP) is 8.61. The summed E-state index contributed by atoms with van der Waals surface area (Å²) in [5.41, 5.74) is 6.50. The number of rotatable bonds is 8. The van der Waals surface area contributed by atoms with Crippen molar-refractivity contribution < 1.29 is 0 Å². The monoisotopic (exact) mass is 487 g/mol. The van der Waals surface area contributed by atoms with E-state index in [2.05, 4.69) is 81.9 Å². The second kappa shape index (κ2) is 19.5. The molecule has 1 aromatic carbocycles. The maximum absolute atomic E-state index is 5.78. The molecule has 1 fully saturated rings. The molecule has 1 N–H and O–H groups in total. The van der Waals surface area contributed by atoms with Gasteiger partial charge in [-0.2, -0.15) is 0 Å². The summed E-state index contributed by atoms with van der Waals surface area (Å²) in [5, 5.41) is 4.35. The highest BCUT2D eigenvalue weighted by atomic mass is 35.5. The Morgan fingerprint density at radius 1 is 1.21 bits per heavy atom. The Bertz CT molecular complexity index is 805. The fourth-order valence-electron chi connectivity index (χ4n) is 3.96. The van der Waals surface area contributed by atoms with Crippen LogP contribution in [0.3, 0.4) is 0 Å². The van der Waals surface area contributed by atoms with Gasteiger partial charge in [0.2, 0.25) is 0 Å². The van der Waals surface area contributed by atoms with Crippen LogP contribution in [0.4, 0.5) is 0 Å². The van der Waals surface area contributed by atoms with E-state index < -0.39 is 0 Å². The van der Waals surface area contributed by atoms with Gasteiger partial charge in [-0.1, -0.05) is 76.9 Å². The fraction of sp³-hybridized carbons (Fsp3) is 0.567. The third-order valence-corrected chi connectivity index (χ3v) is 5.89. The van der Waals surface area contributed by atoms with E-state index in [1.165, 1.54) is 28.8 Å². The van der Waals surface area contributed by atoms with Gasteiger partial charge < -0.3 is 10.2 Å². The highest BCUT2D eigenvalue weighted by Crippen LogP contribution is 2.23. The molecule has 192 valence electrons. The summed E-state index contributed by atoms with van der Waals surface area (Å²) in [6.45, 7) is 22.5. The van der Waals surface area contributed by atoms with Gasteiger partial charge in [0.15, 0.2) is 0 Å². The molecule has 0 aromatic heterocycles. The summed E-state index contributed by atoms with van der Waals surface area (Å²) < 4.78 is 0. The normalized spacial score (nSPS) is 17.5. The van der Waals surface area contributed by atoms with E-state index in [1.807, 2.05) is 38.2 Å². The number of aryl methyl sites for hydroxylation is 1. The van der Waals surface area contributed by atoms with E-state index in [-0.39, 0.29) is 0 Å². The number of nitrogens with one attached hydrogen (secondary N) is 1. The lowest BCUT2D eigenvalue weighted by Crippen LogP contribution is -2.48. The third-order valence-electron chi connectivity index (χ3n) is 5.65. The predicted molar refractivity (Wildman–Crippen MR) is 155 cm³/mol. The smallest absolute Gasteiger partial charge is 0.0464 e. The molecule has 0 radical (unpaired) electrons. The van der Waals surface area contributed by atoms with Crippen LogP contribution in [-0.2, 0) is 6.42 Å². The molecule has 0 bridgehead atoms. The maximum Gasteiger partial charge on any atom is 0.0464 e. The first-order valence-electron chi connectivity index (χ1n) is 13.2. The molecule has 0 aliphatic carbocycles. The highest BCUT2D eigenvalue weighted by molar-refractivity contribution is 6.30. The summed E-state index contributed by atoms with van der Waals surface area (Å²) in [5.74, 6) is 0. The van der Waals surface area contributed by atoms with E-state index in [4.69, 9.17) is 11.6 Å². The van der Waals surface area contributed by atoms with Crippen molar-refractivity contribution >= 4 is 17.3 Å². The number of benzene rings is 1. The molecule has 2 rings (SSSR count). The Hall–Kier alpha value is -1.84. The van der Waals surface area contributed by atoms with Crippen LogP contribution in [-0.4, -0.2) is 36.3 Å².